The molecule has 2 N–H and O–H groups in total. The van der Waals surface area contributed by atoms with Crippen molar-refractivity contribution < 1.29 is 19.1 Å². The van der Waals surface area contributed by atoms with E-state index in [1.54, 1.807) is 24.3 Å². The SMILES string of the molecule is COc1ccccc1NC(=O)C(=O)N1CCC[C@H](NC(=O)C(C)C)C1. The van der Waals surface area contributed by atoms with Crippen LogP contribution in [0, 0.1) is 5.92 Å². The number of nitrogens with one attached hydrogen (secondary N) is 2. The van der Waals surface area contributed by atoms with E-state index in [9.17, 15) is 14.4 Å². The Labute approximate surface area is 147 Å². The van der Waals surface area contributed by atoms with E-state index in [4.69, 9.17) is 4.74 Å². The van der Waals surface area contributed by atoms with Crippen molar-refractivity contribution in [2.45, 2.75) is 32.7 Å². The van der Waals surface area contributed by atoms with Crippen molar-refractivity contribution in [1.29, 1.82) is 0 Å². The maximum absolute atomic E-state index is 12.4. The fourth-order valence-electron chi connectivity index (χ4n) is 2.71. The van der Waals surface area contributed by atoms with Crippen LogP contribution in [0.3, 0.4) is 0 Å². The zero-order chi connectivity index (χ0) is 18.4. The van der Waals surface area contributed by atoms with Crippen molar-refractivity contribution in [1.82, 2.24) is 10.2 Å². The fourth-order valence-corrected chi connectivity index (χ4v) is 2.71. The Morgan fingerprint density at radius 2 is 1.96 bits per heavy atom. The number of carbonyl (C=O) groups is 3. The van der Waals surface area contributed by atoms with Gasteiger partial charge in [-0.1, -0.05) is 26.0 Å². The molecule has 1 aromatic carbocycles. The van der Waals surface area contributed by atoms with Gasteiger partial charge in [-0.2, -0.15) is 0 Å². The number of piperidine rings is 1. The second-order valence-corrected chi connectivity index (χ2v) is 6.41. The van der Waals surface area contributed by atoms with Crippen LogP contribution in [0.2, 0.25) is 0 Å². The highest BCUT2D eigenvalue weighted by Gasteiger charge is 2.29. The van der Waals surface area contributed by atoms with Gasteiger partial charge in [0.2, 0.25) is 5.91 Å². The van der Waals surface area contributed by atoms with Gasteiger partial charge in [-0.25, -0.2) is 0 Å². The van der Waals surface area contributed by atoms with Crippen LogP contribution in [0.5, 0.6) is 5.75 Å². The van der Waals surface area contributed by atoms with Crippen LogP contribution in [0.4, 0.5) is 5.69 Å². The molecule has 1 aliphatic rings. The quantitative estimate of drug-likeness (QED) is 0.806. The first-order chi connectivity index (χ1) is 11.9. The van der Waals surface area contributed by atoms with Crippen LogP contribution in [0.25, 0.3) is 0 Å². The predicted octanol–water partition coefficient (Wildman–Crippen LogP) is 1.40. The first-order valence-corrected chi connectivity index (χ1v) is 8.46. The summed E-state index contributed by atoms with van der Waals surface area (Å²) in [6.07, 6.45) is 1.55. The number of ether oxygens (including phenoxy) is 1. The van der Waals surface area contributed by atoms with Crippen molar-refractivity contribution in [3.8, 4) is 5.75 Å². The second-order valence-electron chi connectivity index (χ2n) is 6.41. The van der Waals surface area contributed by atoms with Crippen LogP contribution in [0.15, 0.2) is 24.3 Å². The summed E-state index contributed by atoms with van der Waals surface area (Å²) in [5.41, 5.74) is 0.449. The summed E-state index contributed by atoms with van der Waals surface area (Å²) in [6, 6.07) is 6.79. The van der Waals surface area contributed by atoms with Crippen molar-refractivity contribution in [3.63, 3.8) is 0 Å². The Kier molecular flexibility index (Phi) is 6.38. The molecule has 25 heavy (non-hydrogen) atoms. The second kappa shape index (κ2) is 8.50. The van der Waals surface area contributed by atoms with Gasteiger partial charge in [0.05, 0.1) is 12.8 Å². The van der Waals surface area contributed by atoms with Gasteiger partial charge in [-0.05, 0) is 25.0 Å². The van der Waals surface area contributed by atoms with Crippen LogP contribution in [-0.4, -0.2) is 48.9 Å². The van der Waals surface area contributed by atoms with E-state index in [-0.39, 0.29) is 17.9 Å². The molecule has 1 aliphatic heterocycles. The Bertz CT molecular complexity index is 645. The molecule has 0 saturated carbocycles. The molecule has 1 aromatic rings. The molecule has 1 atom stereocenters. The summed E-state index contributed by atoms with van der Waals surface area (Å²) >= 11 is 0. The molecule has 0 aliphatic carbocycles. The van der Waals surface area contributed by atoms with Crippen molar-refractivity contribution in [3.05, 3.63) is 24.3 Å². The third-order valence-corrected chi connectivity index (χ3v) is 4.13. The van der Waals surface area contributed by atoms with E-state index in [1.165, 1.54) is 12.0 Å². The number of carbonyl (C=O) groups excluding carboxylic acids is 3. The zero-order valence-electron chi connectivity index (χ0n) is 14.9. The minimum Gasteiger partial charge on any atom is -0.495 e. The number of para-hydroxylation sites is 2. The van der Waals surface area contributed by atoms with Gasteiger partial charge in [-0.3, -0.25) is 14.4 Å². The monoisotopic (exact) mass is 347 g/mol. The maximum atomic E-state index is 12.4. The first-order valence-electron chi connectivity index (χ1n) is 8.46. The lowest BCUT2D eigenvalue weighted by Crippen LogP contribution is -2.52. The molecular formula is C18H25N3O4. The van der Waals surface area contributed by atoms with Gasteiger partial charge < -0.3 is 20.3 Å². The van der Waals surface area contributed by atoms with Gasteiger partial charge >= 0.3 is 11.8 Å². The Hall–Kier alpha value is -2.57. The van der Waals surface area contributed by atoms with Crippen LogP contribution < -0.4 is 15.4 Å². The Balaban J connectivity index is 1.97. The van der Waals surface area contributed by atoms with Crippen molar-refractivity contribution in [2.75, 3.05) is 25.5 Å². The van der Waals surface area contributed by atoms with E-state index in [0.717, 1.165) is 12.8 Å². The fraction of sp³-hybridized carbons (Fsp3) is 0.500. The summed E-state index contributed by atoms with van der Waals surface area (Å²) in [6.45, 7) is 4.49. The van der Waals surface area contributed by atoms with Crippen LogP contribution >= 0.6 is 0 Å². The van der Waals surface area contributed by atoms with Crippen LogP contribution in [-0.2, 0) is 14.4 Å². The van der Waals surface area contributed by atoms with Gasteiger partial charge in [0.25, 0.3) is 0 Å². The molecule has 0 radical (unpaired) electrons. The summed E-state index contributed by atoms with van der Waals surface area (Å²) in [4.78, 5) is 38.0. The molecule has 136 valence electrons. The standard InChI is InChI=1S/C18H25N3O4/c1-12(2)16(22)19-13-7-6-10-21(11-13)18(24)17(23)20-14-8-4-5-9-15(14)25-3/h4-5,8-9,12-13H,6-7,10-11H2,1-3H3,(H,19,22)(H,20,23)/t13-/m0/s1. The molecule has 1 fully saturated rings. The highest BCUT2D eigenvalue weighted by Crippen LogP contribution is 2.23. The smallest absolute Gasteiger partial charge is 0.314 e. The summed E-state index contributed by atoms with van der Waals surface area (Å²) in [5.74, 6) is -0.975. The lowest BCUT2D eigenvalue weighted by atomic mass is 10.0. The number of rotatable bonds is 4. The van der Waals surface area contributed by atoms with Gasteiger partial charge in [0.1, 0.15) is 5.75 Å². The lowest BCUT2D eigenvalue weighted by molar-refractivity contribution is -0.144. The van der Waals surface area contributed by atoms with Crippen molar-refractivity contribution >= 4 is 23.4 Å². The predicted molar refractivity (Wildman–Crippen MR) is 94.2 cm³/mol. The normalized spacial score (nSPS) is 17.1. The molecule has 0 aromatic heterocycles. The van der Waals surface area contributed by atoms with E-state index >= 15 is 0 Å². The third-order valence-electron chi connectivity index (χ3n) is 4.13. The average Bonchev–Trinajstić information content (AvgIpc) is 2.61. The van der Waals surface area contributed by atoms with Gasteiger partial charge in [0.15, 0.2) is 0 Å². The Morgan fingerprint density at radius 1 is 1.24 bits per heavy atom. The molecule has 0 spiro atoms. The highest BCUT2D eigenvalue weighted by atomic mass is 16.5. The largest absolute Gasteiger partial charge is 0.495 e. The van der Waals surface area contributed by atoms with E-state index in [0.29, 0.717) is 24.5 Å². The number of nitrogens with zero attached hydrogens (tertiary/aromatic N) is 1. The number of hydrogen-bond acceptors (Lipinski definition) is 4. The lowest BCUT2D eigenvalue weighted by Gasteiger charge is -2.33. The average molecular weight is 347 g/mol. The minimum atomic E-state index is -0.708. The molecule has 1 saturated heterocycles. The molecule has 7 heteroatoms. The van der Waals surface area contributed by atoms with Gasteiger partial charge in [0, 0.05) is 25.0 Å². The zero-order valence-corrected chi connectivity index (χ0v) is 14.9. The molecule has 3 amide bonds. The number of anilines is 1. The van der Waals surface area contributed by atoms with E-state index in [2.05, 4.69) is 10.6 Å². The first kappa shape index (κ1) is 18.8. The molecule has 0 unspecified atom stereocenters. The minimum absolute atomic E-state index is 0.0437. The van der Waals surface area contributed by atoms with Gasteiger partial charge in [-0.15, -0.1) is 0 Å². The molecule has 1 heterocycles. The number of methoxy groups -OCH3 is 1. The topological polar surface area (TPSA) is 87.7 Å². The van der Waals surface area contributed by atoms with Crippen LogP contribution in [0.1, 0.15) is 26.7 Å². The molecule has 7 nitrogen and oxygen atoms in total. The number of likely N-dealkylation sites (tertiary alicyclic amines) is 1. The molecular weight excluding hydrogens is 322 g/mol. The van der Waals surface area contributed by atoms with E-state index in [1.807, 2.05) is 13.8 Å². The number of amides is 3. The maximum Gasteiger partial charge on any atom is 0.314 e. The summed E-state index contributed by atoms with van der Waals surface area (Å²) in [7, 11) is 1.50. The molecule has 0 bridgehead atoms. The highest BCUT2D eigenvalue weighted by molar-refractivity contribution is 6.39. The summed E-state index contributed by atoms with van der Waals surface area (Å²) in [5, 5.41) is 5.52. The summed E-state index contributed by atoms with van der Waals surface area (Å²) < 4.78 is 5.17. The van der Waals surface area contributed by atoms with E-state index < -0.39 is 11.8 Å². The number of benzene rings is 1. The van der Waals surface area contributed by atoms with Crippen molar-refractivity contribution in [2.24, 2.45) is 5.92 Å². The Morgan fingerprint density at radius 3 is 2.64 bits per heavy atom. The molecule has 2 rings (SSSR count). The number of hydrogen-bond donors (Lipinski definition) is 2. The third kappa shape index (κ3) is 4.95.